The van der Waals surface area contributed by atoms with Crippen LogP contribution in [0.2, 0.25) is 0 Å². The number of aliphatic hydroxyl groups excluding tert-OH is 1. The fourth-order valence-corrected chi connectivity index (χ4v) is 6.82. The average molecular weight is 614 g/mol. The van der Waals surface area contributed by atoms with Crippen molar-refractivity contribution in [1.29, 1.82) is 0 Å². The molecule has 1 saturated heterocycles. The summed E-state index contributed by atoms with van der Waals surface area (Å²) in [6, 6.07) is 5.84. The standard InChI is InChI=1S/C20H29N2O14P3/c1-12-5-4-6-13(2)16(12)10-32-9-15-8-22(14(3)21-20(15)24)19-7-17(23)18(34-19)11-33-38(28,29)36-39(30,31)35-37(25,26)27/h4-6,8,17-19,23H,3,7,9-11H2,1-2H3,(H,21,24)(H,28,29)(H,30,31)(H2,25,26,27)/t17?,18-,19-/m1/s1. The van der Waals surface area contributed by atoms with Gasteiger partial charge in [-0.3, -0.25) is 9.32 Å². The van der Waals surface area contributed by atoms with Crippen LogP contribution in [0.25, 0.3) is 0 Å². The number of aliphatic hydroxyl groups is 1. The summed E-state index contributed by atoms with van der Waals surface area (Å²) in [6.45, 7) is 7.05. The molecular formula is C20H29N2O14P3. The van der Waals surface area contributed by atoms with Crippen LogP contribution < -0.4 is 5.32 Å². The number of nitrogens with one attached hydrogen (secondary N) is 1. The molecule has 16 nitrogen and oxygen atoms in total. The van der Waals surface area contributed by atoms with Gasteiger partial charge < -0.3 is 44.4 Å². The predicted octanol–water partition coefficient (Wildman–Crippen LogP) is 1.43. The summed E-state index contributed by atoms with van der Waals surface area (Å²) in [7, 11) is -16.6. The van der Waals surface area contributed by atoms with E-state index in [1.165, 1.54) is 11.1 Å². The van der Waals surface area contributed by atoms with Crippen molar-refractivity contribution in [2.24, 2.45) is 0 Å². The Bertz CT molecular complexity index is 1260. The molecule has 0 spiro atoms. The van der Waals surface area contributed by atoms with Crippen LogP contribution in [-0.4, -0.2) is 67.1 Å². The summed E-state index contributed by atoms with van der Waals surface area (Å²) >= 11 is 0. The number of hydrogen-bond acceptors (Lipinski definition) is 11. The van der Waals surface area contributed by atoms with Crippen molar-refractivity contribution in [2.45, 2.75) is 45.3 Å². The molecule has 0 radical (unpaired) electrons. The predicted molar refractivity (Wildman–Crippen MR) is 132 cm³/mol. The van der Waals surface area contributed by atoms with Crippen LogP contribution in [0.3, 0.4) is 0 Å². The van der Waals surface area contributed by atoms with E-state index in [1.54, 1.807) is 0 Å². The topological polar surface area (TPSA) is 231 Å². The molecular weight excluding hydrogens is 585 g/mol. The van der Waals surface area contributed by atoms with Gasteiger partial charge in [-0.25, -0.2) is 13.7 Å². The van der Waals surface area contributed by atoms with E-state index in [0.29, 0.717) is 0 Å². The molecule has 3 rings (SSSR count). The van der Waals surface area contributed by atoms with E-state index in [9.17, 15) is 33.4 Å². The molecule has 1 fully saturated rings. The fraction of sp³-hybridized carbons (Fsp3) is 0.450. The van der Waals surface area contributed by atoms with Crippen LogP contribution in [0.15, 0.2) is 42.4 Å². The van der Waals surface area contributed by atoms with Gasteiger partial charge in [-0.05, 0) is 30.5 Å². The minimum Gasteiger partial charge on any atom is -0.390 e. The number of aryl methyl sites for hydroxylation is 2. The van der Waals surface area contributed by atoms with E-state index in [2.05, 4.69) is 25.0 Å². The number of phosphoric acid groups is 3. The first-order valence-electron chi connectivity index (χ1n) is 11.2. The molecule has 0 aliphatic carbocycles. The van der Waals surface area contributed by atoms with Crippen LogP contribution in [0.1, 0.15) is 23.1 Å². The molecule has 2 heterocycles. The molecule has 1 amide bonds. The van der Waals surface area contributed by atoms with Gasteiger partial charge in [-0.2, -0.15) is 8.62 Å². The Morgan fingerprint density at radius 1 is 1.08 bits per heavy atom. The highest BCUT2D eigenvalue weighted by Gasteiger charge is 2.43. The second-order valence-electron chi connectivity index (χ2n) is 8.64. The second kappa shape index (κ2) is 12.4. The maximum atomic E-state index is 12.5. The molecule has 2 aliphatic rings. The number of ether oxygens (including phenoxy) is 2. The van der Waals surface area contributed by atoms with E-state index in [4.69, 9.17) is 19.3 Å². The number of nitrogens with zero attached hydrogens (tertiary/aromatic N) is 1. The molecule has 3 unspecified atom stereocenters. The molecule has 19 heteroatoms. The molecule has 0 bridgehead atoms. The lowest BCUT2D eigenvalue weighted by molar-refractivity contribution is -0.119. The maximum absolute atomic E-state index is 12.5. The van der Waals surface area contributed by atoms with E-state index >= 15 is 0 Å². The van der Waals surface area contributed by atoms with Crippen molar-refractivity contribution in [1.82, 2.24) is 10.2 Å². The van der Waals surface area contributed by atoms with Crippen LogP contribution in [0.5, 0.6) is 0 Å². The summed E-state index contributed by atoms with van der Waals surface area (Å²) in [5.41, 5.74) is 3.32. The van der Waals surface area contributed by atoms with E-state index in [-0.39, 0.29) is 31.0 Å². The Kier molecular flexibility index (Phi) is 10.1. The molecule has 2 aliphatic heterocycles. The van der Waals surface area contributed by atoms with Crippen molar-refractivity contribution < 1.29 is 65.8 Å². The molecule has 0 saturated carbocycles. The summed E-state index contributed by atoms with van der Waals surface area (Å²) in [5.74, 6) is -0.315. The highest BCUT2D eigenvalue weighted by molar-refractivity contribution is 7.66. The summed E-state index contributed by atoms with van der Waals surface area (Å²) in [4.78, 5) is 49.9. The normalized spacial score (nSPS) is 25.2. The van der Waals surface area contributed by atoms with Crippen LogP contribution >= 0.6 is 23.5 Å². The van der Waals surface area contributed by atoms with E-state index in [0.717, 1.165) is 16.7 Å². The van der Waals surface area contributed by atoms with Gasteiger partial charge in [0.1, 0.15) is 18.2 Å². The van der Waals surface area contributed by atoms with Gasteiger partial charge in [-0.15, -0.1) is 0 Å². The minimum atomic E-state index is -5.69. The Labute approximate surface area is 223 Å². The van der Waals surface area contributed by atoms with Crippen molar-refractivity contribution in [3.05, 3.63) is 59.1 Å². The number of phosphoric ester groups is 1. The van der Waals surface area contributed by atoms with Gasteiger partial charge in [0.25, 0.3) is 5.91 Å². The van der Waals surface area contributed by atoms with Crippen molar-refractivity contribution >= 4 is 29.4 Å². The SMILES string of the molecule is C=C1NC(=O)C(COCc2c(C)cccc2C)=CN1[C@H]1CC(O)[C@@H](COP(=O)(O)OP(=O)(O)OP(=O)(O)O)O1. The van der Waals surface area contributed by atoms with Crippen molar-refractivity contribution in [2.75, 3.05) is 13.2 Å². The van der Waals surface area contributed by atoms with Gasteiger partial charge >= 0.3 is 23.5 Å². The van der Waals surface area contributed by atoms with Gasteiger partial charge in [0, 0.05) is 12.6 Å². The highest BCUT2D eigenvalue weighted by atomic mass is 31.3. The Hall–Kier alpha value is -1.74. The van der Waals surface area contributed by atoms with Crippen molar-refractivity contribution in [3.8, 4) is 0 Å². The maximum Gasteiger partial charge on any atom is 0.490 e. The first kappa shape index (κ1) is 31.8. The molecule has 5 atom stereocenters. The number of carbonyl (C=O) groups is 1. The number of carbonyl (C=O) groups excluding carboxylic acids is 1. The zero-order valence-electron chi connectivity index (χ0n) is 20.8. The zero-order valence-corrected chi connectivity index (χ0v) is 23.5. The number of amides is 1. The van der Waals surface area contributed by atoms with Gasteiger partial charge in [0.15, 0.2) is 0 Å². The first-order valence-corrected chi connectivity index (χ1v) is 15.7. The monoisotopic (exact) mass is 614 g/mol. The molecule has 6 N–H and O–H groups in total. The zero-order chi connectivity index (χ0) is 29.2. The lowest BCUT2D eigenvalue weighted by Gasteiger charge is -2.33. The van der Waals surface area contributed by atoms with E-state index in [1.807, 2.05) is 32.0 Å². The average Bonchev–Trinajstić information content (AvgIpc) is 3.13. The Balaban J connectivity index is 1.60. The third-order valence-corrected chi connectivity index (χ3v) is 9.44. The lowest BCUT2D eigenvalue weighted by Crippen LogP contribution is -2.43. The molecule has 1 aromatic rings. The molecule has 39 heavy (non-hydrogen) atoms. The summed E-state index contributed by atoms with van der Waals surface area (Å²) < 4.78 is 57.4. The molecule has 218 valence electrons. The summed E-state index contributed by atoms with van der Waals surface area (Å²) in [5, 5.41) is 12.9. The number of benzene rings is 1. The van der Waals surface area contributed by atoms with Crippen LogP contribution in [0.4, 0.5) is 0 Å². The second-order valence-corrected chi connectivity index (χ2v) is 13.1. The number of hydrogen-bond donors (Lipinski definition) is 6. The first-order chi connectivity index (χ1) is 18.0. The smallest absolute Gasteiger partial charge is 0.390 e. The molecule has 1 aromatic carbocycles. The van der Waals surface area contributed by atoms with Gasteiger partial charge in [0.05, 0.1) is 31.5 Å². The molecule has 0 aromatic heterocycles. The van der Waals surface area contributed by atoms with E-state index < -0.39 is 54.4 Å². The Morgan fingerprint density at radius 3 is 2.33 bits per heavy atom. The Morgan fingerprint density at radius 2 is 1.72 bits per heavy atom. The minimum absolute atomic E-state index is 0.0475. The highest BCUT2D eigenvalue weighted by Crippen LogP contribution is 2.66. The largest absolute Gasteiger partial charge is 0.490 e. The fourth-order valence-electron chi connectivity index (χ4n) is 3.79. The third kappa shape index (κ3) is 9.13. The lowest BCUT2D eigenvalue weighted by atomic mass is 10.0. The van der Waals surface area contributed by atoms with Crippen molar-refractivity contribution in [3.63, 3.8) is 0 Å². The van der Waals surface area contributed by atoms with Crippen LogP contribution in [-0.2, 0) is 47.7 Å². The van der Waals surface area contributed by atoms with Gasteiger partial charge in [-0.1, -0.05) is 24.8 Å². The number of rotatable bonds is 12. The summed E-state index contributed by atoms with van der Waals surface area (Å²) in [6.07, 6.45) is -2.04. The van der Waals surface area contributed by atoms with Crippen LogP contribution in [0, 0.1) is 13.8 Å². The quantitative estimate of drug-likeness (QED) is 0.183. The third-order valence-electron chi connectivity index (χ3n) is 5.64. The van der Waals surface area contributed by atoms with Gasteiger partial charge in [0.2, 0.25) is 0 Å².